The summed E-state index contributed by atoms with van der Waals surface area (Å²) in [5.41, 5.74) is 7.05. The molecule has 0 radical (unpaired) electrons. The van der Waals surface area contributed by atoms with E-state index < -0.39 is 123 Å². The van der Waals surface area contributed by atoms with Crippen molar-refractivity contribution in [1.82, 2.24) is 0 Å². The van der Waals surface area contributed by atoms with Gasteiger partial charge >= 0.3 is 17.9 Å². The number of fused-ring (bicyclic) bond motifs is 2. The molecule has 0 spiro atoms. The number of benzene rings is 9. The van der Waals surface area contributed by atoms with E-state index in [0.717, 1.165) is 44.5 Å². The highest BCUT2D eigenvalue weighted by Gasteiger charge is 2.59. The van der Waals surface area contributed by atoms with Gasteiger partial charge < -0.3 is 75.8 Å². The zero-order chi connectivity index (χ0) is 70.9. The molecule has 540 valence electrons. The summed E-state index contributed by atoms with van der Waals surface area (Å²) < 4.78 is 112. The van der Waals surface area contributed by atoms with E-state index in [1.54, 1.807) is 30.3 Å². The lowest BCUT2D eigenvalue weighted by Crippen LogP contribution is -2.68. The van der Waals surface area contributed by atoms with E-state index in [0.29, 0.717) is 0 Å². The maximum absolute atomic E-state index is 14.9. The molecule has 4 aliphatic heterocycles. The van der Waals surface area contributed by atoms with Crippen LogP contribution in [0, 0.1) is 0 Å². The largest absolute Gasteiger partial charge is 0.455 e. The molecule has 19 heteroatoms. The average Bonchev–Trinajstić information content (AvgIpc) is 1.01. The molecule has 0 aliphatic carbocycles. The van der Waals surface area contributed by atoms with Crippen molar-refractivity contribution in [2.24, 2.45) is 0 Å². The van der Waals surface area contributed by atoms with Crippen LogP contribution in [-0.2, 0) is 138 Å². The van der Waals surface area contributed by atoms with E-state index >= 15 is 0 Å². The molecule has 4 fully saturated rings. The molecule has 104 heavy (non-hydrogen) atoms. The Morgan fingerprint density at radius 1 is 0.298 bits per heavy atom. The Bertz CT molecular complexity index is 3990. The maximum atomic E-state index is 14.9. The van der Waals surface area contributed by atoms with Crippen LogP contribution in [0.1, 0.15) is 67.7 Å². The number of esters is 3. The molecule has 0 bridgehead atoms. The second-order valence-electron chi connectivity index (χ2n) is 25.8. The quantitative estimate of drug-likeness (QED) is 0.0293. The number of hydrogen-bond acceptors (Lipinski definition) is 19. The summed E-state index contributed by atoms with van der Waals surface area (Å²) in [4.78, 5) is 44.1. The highest BCUT2D eigenvalue weighted by Crippen LogP contribution is 2.40. The normalized spacial score (nSPS) is 25.6. The van der Waals surface area contributed by atoms with E-state index in [1.165, 1.54) is 0 Å². The lowest BCUT2D eigenvalue weighted by Gasteiger charge is -2.51. The molecule has 0 saturated carbocycles. The van der Waals surface area contributed by atoms with E-state index in [-0.39, 0.29) is 78.2 Å². The molecule has 4 aliphatic rings. The van der Waals surface area contributed by atoms with Crippen LogP contribution in [0.3, 0.4) is 0 Å². The van der Waals surface area contributed by atoms with Crippen LogP contribution in [0.15, 0.2) is 273 Å². The Hall–Kier alpha value is -9.13. The first-order valence-electron chi connectivity index (χ1n) is 35.3. The third kappa shape index (κ3) is 20.6. The van der Waals surface area contributed by atoms with Gasteiger partial charge in [0, 0.05) is 0 Å². The number of carbonyl (C=O) groups is 3. The minimum atomic E-state index is -1.63. The van der Waals surface area contributed by atoms with Crippen LogP contribution in [0.25, 0.3) is 0 Å². The molecule has 4 heterocycles. The van der Waals surface area contributed by atoms with Gasteiger partial charge in [-0.25, -0.2) is 4.79 Å². The molecule has 4 saturated heterocycles. The fourth-order valence-electron chi connectivity index (χ4n) is 13.0. The molecular formula is C85H86O19. The van der Waals surface area contributed by atoms with Gasteiger partial charge in [-0.2, -0.15) is 0 Å². The van der Waals surface area contributed by atoms with E-state index in [4.69, 9.17) is 75.8 Å². The third-order valence-corrected chi connectivity index (χ3v) is 18.3. The predicted octanol–water partition coefficient (Wildman–Crippen LogP) is 13.0. The second-order valence-corrected chi connectivity index (χ2v) is 25.8. The van der Waals surface area contributed by atoms with Crippen LogP contribution in [0.4, 0.5) is 0 Å². The molecule has 13 rings (SSSR count). The highest BCUT2D eigenvalue weighted by molar-refractivity contribution is 5.89. The summed E-state index contributed by atoms with van der Waals surface area (Å²) in [6, 6.07) is 85.8. The molecule has 15 atom stereocenters. The number of ether oxygens (including phenoxy) is 16. The molecule has 9 aromatic carbocycles. The van der Waals surface area contributed by atoms with Crippen LogP contribution < -0.4 is 0 Å². The second kappa shape index (κ2) is 38.0. The Labute approximate surface area is 605 Å². The van der Waals surface area contributed by atoms with Gasteiger partial charge in [-0.3, -0.25) is 9.59 Å². The number of hydrogen-bond donors (Lipinski definition) is 0. The monoisotopic (exact) mass is 1410 g/mol. The first-order valence-corrected chi connectivity index (χ1v) is 35.3. The lowest BCUT2D eigenvalue weighted by molar-refractivity contribution is -0.388. The highest BCUT2D eigenvalue weighted by atomic mass is 16.8. The molecule has 0 N–H and O–H groups in total. The first-order chi connectivity index (χ1) is 51.3. The topological polar surface area (TPSA) is 199 Å². The predicted molar refractivity (Wildman–Crippen MR) is 380 cm³/mol. The fourth-order valence-corrected chi connectivity index (χ4v) is 13.0. The van der Waals surface area contributed by atoms with Gasteiger partial charge in [0.2, 0.25) is 0 Å². The minimum absolute atomic E-state index is 0.00113. The summed E-state index contributed by atoms with van der Waals surface area (Å²) in [5, 5.41) is 0. The summed E-state index contributed by atoms with van der Waals surface area (Å²) >= 11 is 0. The minimum Gasteiger partial charge on any atom is -0.455 e. The maximum Gasteiger partial charge on any atom is 0.338 e. The van der Waals surface area contributed by atoms with Gasteiger partial charge in [-0.05, 0) is 56.6 Å². The molecular weight excluding hydrogens is 1320 g/mol. The molecule has 9 aromatic rings. The standard InChI is InChI=1S/C85H86O19/c86-71-46-47-72(87)101-80-77(94-53-64-38-20-6-21-39-64)74(103-84-79(95-54-65-40-22-7-23-41-65)76(93-52-63-36-18-5-19-37-63)73(92-51-62-34-16-4-17-35-62)68(98-84)56-89-48-59-28-10-1-11-29-59)69(57-90-49-60-30-12-2-13-31-60)99-85(80)104-75-70(58-91-50-61-32-14-3-15-33-61)97-83(96-55-66-42-24-8-25-43-66)81(78(75)100-71)102-82(88)67-44-26-9-27-45-67/h1-45,68-70,73-81,83-85H,46-58H2/t68-,69+,70-,73-,74-,75-,76+,77+,78+,79-,80-,81-,83+,84-,85-/m1/s1. The Kier molecular flexibility index (Phi) is 26.8. The summed E-state index contributed by atoms with van der Waals surface area (Å²) in [6.07, 6.45) is -20.2. The van der Waals surface area contributed by atoms with Crippen molar-refractivity contribution in [3.8, 4) is 0 Å². The first kappa shape index (κ1) is 73.2. The van der Waals surface area contributed by atoms with Crippen LogP contribution in [0.2, 0.25) is 0 Å². The van der Waals surface area contributed by atoms with E-state index in [9.17, 15) is 14.4 Å². The SMILES string of the molecule is O=C1CCC(=O)O[C@H]2[C@@H](O[C@H]3[C@H](O1)[C@@H](OC(=O)c1ccccc1)[C@@H](OCc1ccccc1)O[C@@H]3COCc1ccccc1)O[C@@H](COCc1ccccc1)[C@@H](O[C@H]1O[C@H](COCc3ccccc3)[C@@H](OCc3ccccc3)[C@H](OCc3ccccc3)[C@H]1OCc1ccccc1)[C@@H]2OCc1ccccc1. The van der Waals surface area contributed by atoms with Gasteiger partial charge in [0.25, 0.3) is 0 Å². The van der Waals surface area contributed by atoms with Crippen molar-refractivity contribution in [2.45, 2.75) is 158 Å². The van der Waals surface area contributed by atoms with Crippen molar-refractivity contribution in [3.63, 3.8) is 0 Å². The molecule has 0 unspecified atom stereocenters. The van der Waals surface area contributed by atoms with Gasteiger partial charge in [-0.1, -0.05) is 261 Å². The lowest BCUT2D eigenvalue weighted by atomic mass is 9.95. The van der Waals surface area contributed by atoms with Gasteiger partial charge in [-0.15, -0.1) is 0 Å². The van der Waals surface area contributed by atoms with Crippen molar-refractivity contribution >= 4 is 17.9 Å². The van der Waals surface area contributed by atoms with Crippen LogP contribution >= 0.6 is 0 Å². The smallest absolute Gasteiger partial charge is 0.338 e. The fraction of sp³-hybridized carbons (Fsp3) is 0.329. The zero-order valence-electron chi connectivity index (χ0n) is 57.6. The van der Waals surface area contributed by atoms with Crippen molar-refractivity contribution in [2.75, 3.05) is 19.8 Å². The van der Waals surface area contributed by atoms with E-state index in [2.05, 4.69) is 0 Å². The molecule has 19 nitrogen and oxygen atoms in total. The van der Waals surface area contributed by atoms with Crippen molar-refractivity contribution in [3.05, 3.63) is 323 Å². The summed E-state index contributed by atoms with van der Waals surface area (Å²) in [7, 11) is 0. The third-order valence-electron chi connectivity index (χ3n) is 18.3. The van der Waals surface area contributed by atoms with Crippen molar-refractivity contribution < 1.29 is 90.2 Å². The van der Waals surface area contributed by atoms with Gasteiger partial charge in [0.05, 0.1) is 91.1 Å². The molecule has 0 aromatic heterocycles. The number of rotatable bonds is 31. The van der Waals surface area contributed by atoms with E-state index in [1.807, 2.05) is 243 Å². The van der Waals surface area contributed by atoms with Gasteiger partial charge in [0.15, 0.2) is 37.2 Å². The van der Waals surface area contributed by atoms with Gasteiger partial charge in [0.1, 0.15) is 54.9 Å². The van der Waals surface area contributed by atoms with Crippen LogP contribution in [-0.4, -0.2) is 130 Å². The Morgan fingerprint density at radius 2 is 0.635 bits per heavy atom. The Balaban J connectivity index is 0.923. The Morgan fingerprint density at radius 3 is 1.07 bits per heavy atom. The average molecular weight is 1410 g/mol. The summed E-state index contributed by atoms with van der Waals surface area (Å²) in [6.45, 7) is 0.441. The number of carbonyl (C=O) groups excluding carboxylic acids is 3. The molecule has 0 amide bonds. The van der Waals surface area contributed by atoms with Crippen molar-refractivity contribution in [1.29, 1.82) is 0 Å². The summed E-state index contributed by atoms with van der Waals surface area (Å²) in [5.74, 6) is -2.43. The zero-order valence-corrected chi connectivity index (χ0v) is 57.6. The van der Waals surface area contributed by atoms with Crippen LogP contribution in [0.5, 0.6) is 0 Å².